The smallest absolute Gasteiger partial charge is 0.220 e. The second-order valence-electron chi connectivity index (χ2n) is 6.06. The van der Waals surface area contributed by atoms with Crippen molar-refractivity contribution in [3.05, 3.63) is 28.2 Å². The van der Waals surface area contributed by atoms with E-state index in [4.69, 9.17) is 32.7 Å². The van der Waals surface area contributed by atoms with E-state index in [2.05, 4.69) is 5.32 Å². The minimum Gasteiger partial charge on any atom is -0.492 e. The van der Waals surface area contributed by atoms with Crippen molar-refractivity contribution in [3.8, 4) is 5.75 Å². The van der Waals surface area contributed by atoms with Crippen LogP contribution in [0.3, 0.4) is 0 Å². The van der Waals surface area contributed by atoms with Crippen LogP contribution >= 0.6 is 23.2 Å². The molecule has 24 heavy (non-hydrogen) atoms. The normalized spacial score (nSPS) is 20.1. The highest BCUT2D eigenvalue weighted by molar-refractivity contribution is 6.42. The molecule has 1 aliphatic rings. The van der Waals surface area contributed by atoms with Crippen molar-refractivity contribution in [3.63, 3.8) is 0 Å². The van der Waals surface area contributed by atoms with Gasteiger partial charge in [-0.3, -0.25) is 4.79 Å². The van der Waals surface area contributed by atoms with Gasteiger partial charge in [0.2, 0.25) is 5.91 Å². The highest BCUT2D eigenvalue weighted by atomic mass is 35.5. The van der Waals surface area contributed by atoms with Crippen molar-refractivity contribution in [1.29, 1.82) is 0 Å². The van der Waals surface area contributed by atoms with Crippen LogP contribution in [-0.4, -0.2) is 44.0 Å². The molecule has 7 heteroatoms. The van der Waals surface area contributed by atoms with Gasteiger partial charge in [-0.15, -0.1) is 0 Å². The summed E-state index contributed by atoms with van der Waals surface area (Å²) in [5.41, 5.74) is -0.130. The molecule has 1 aromatic carbocycles. The lowest BCUT2D eigenvalue weighted by molar-refractivity contribution is -0.121. The summed E-state index contributed by atoms with van der Waals surface area (Å²) in [6, 6.07) is 5.20. The van der Waals surface area contributed by atoms with Gasteiger partial charge in [0.1, 0.15) is 10.8 Å². The summed E-state index contributed by atoms with van der Waals surface area (Å²) in [5, 5.41) is 12.9. The third kappa shape index (κ3) is 5.52. The van der Waals surface area contributed by atoms with Gasteiger partial charge in [0.25, 0.3) is 0 Å². The minimum atomic E-state index is -0.130. The summed E-state index contributed by atoms with van der Waals surface area (Å²) in [4.78, 5) is 12.0. The molecule has 1 atom stereocenters. The van der Waals surface area contributed by atoms with Crippen molar-refractivity contribution < 1.29 is 19.4 Å². The van der Waals surface area contributed by atoms with Gasteiger partial charge in [-0.2, -0.15) is 0 Å². The SMILES string of the molecule is O=C(CCCOc1cccc(Cl)c1Cl)NCC1(CCO)CCOC1. The van der Waals surface area contributed by atoms with E-state index in [1.54, 1.807) is 18.2 Å². The van der Waals surface area contributed by atoms with E-state index < -0.39 is 0 Å². The van der Waals surface area contributed by atoms with Crippen LogP contribution in [0.1, 0.15) is 25.7 Å². The minimum absolute atomic E-state index is 0.0278. The Bertz CT molecular complexity index is 547. The van der Waals surface area contributed by atoms with E-state index in [1.165, 1.54) is 0 Å². The van der Waals surface area contributed by atoms with Crippen molar-refractivity contribution in [2.45, 2.75) is 25.7 Å². The number of hydrogen-bond donors (Lipinski definition) is 2. The van der Waals surface area contributed by atoms with E-state index >= 15 is 0 Å². The first-order chi connectivity index (χ1) is 11.6. The second kappa shape index (κ2) is 9.47. The summed E-state index contributed by atoms with van der Waals surface area (Å²) >= 11 is 11.9. The standard InChI is InChI=1S/C17H23Cl2NO4/c18-13-3-1-4-14(16(13)19)24-9-2-5-15(22)20-11-17(6-8-21)7-10-23-12-17/h1,3-4,21H,2,5-12H2,(H,20,22). The fourth-order valence-corrected chi connectivity index (χ4v) is 3.04. The number of hydrogen-bond acceptors (Lipinski definition) is 4. The summed E-state index contributed by atoms with van der Waals surface area (Å²) in [5.74, 6) is 0.495. The topological polar surface area (TPSA) is 67.8 Å². The first kappa shape index (κ1) is 19.3. The summed E-state index contributed by atoms with van der Waals surface area (Å²) in [6.07, 6.45) is 2.46. The molecule has 0 bridgehead atoms. The fourth-order valence-electron chi connectivity index (χ4n) is 2.70. The van der Waals surface area contributed by atoms with Crippen LogP contribution in [0.25, 0.3) is 0 Å². The molecule has 1 saturated heterocycles. The van der Waals surface area contributed by atoms with Gasteiger partial charge in [-0.1, -0.05) is 29.3 Å². The lowest BCUT2D eigenvalue weighted by Crippen LogP contribution is -2.38. The van der Waals surface area contributed by atoms with Crippen molar-refractivity contribution >= 4 is 29.1 Å². The molecule has 1 aromatic rings. The van der Waals surface area contributed by atoms with Crippen molar-refractivity contribution in [2.24, 2.45) is 5.41 Å². The predicted octanol–water partition coefficient (Wildman–Crippen LogP) is 3.06. The monoisotopic (exact) mass is 375 g/mol. The molecule has 1 unspecified atom stereocenters. The maximum Gasteiger partial charge on any atom is 0.220 e. The third-order valence-corrected chi connectivity index (χ3v) is 5.01. The highest BCUT2D eigenvalue weighted by Crippen LogP contribution is 2.32. The highest BCUT2D eigenvalue weighted by Gasteiger charge is 2.34. The Kier molecular flexibility index (Phi) is 7.62. The number of aliphatic hydroxyl groups excluding tert-OH is 1. The Balaban J connectivity index is 1.67. The van der Waals surface area contributed by atoms with E-state index in [0.717, 1.165) is 6.42 Å². The van der Waals surface area contributed by atoms with E-state index in [0.29, 0.717) is 61.4 Å². The van der Waals surface area contributed by atoms with Gasteiger partial charge in [-0.05, 0) is 31.4 Å². The number of aliphatic hydroxyl groups is 1. The maximum atomic E-state index is 12.0. The molecular weight excluding hydrogens is 353 g/mol. The van der Waals surface area contributed by atoms with Crippen LogP contribution in [0, 0.1) is 5.41 Å². The molecule has 1 amide bonds. The third-order valence-electron chi connectivity index (χ3n) is 4.21. The zero-order valence-corrected chi connectivity index (χ0v) is 15.0. The van der Waals surface area contributed by atoms with Crippen molar-refractivity contribution in [1.82, 2.24) is 5.32 Å². The molecule has 2 N–H and O–H groups in total. The summed E-state index contributed by atoms with van der Waals surface area (Å²) in [6.45, 7) is 2.30. The molecule has 2 rings (SSSR count). The second-order valence-corrected chi connectivity index (χ2v) is 6.84. The molecule has 1 aliphatic heterocycles. The number of benzene rings is 1. The molecule has 1 fully saturated rings. The van der Waals surface area contributed by atoms with Crippen LogP contribution < -0.4 is 10.1 Å². The summed E-state index contributed by atoms with van der Waals surface area (Å²) in [7, 11) is 0. The first-order valence-corrected chi connectivity index (χ1v) is 8.84. The van der Waals surface area contributed by atoms with E-state index in [9.17, 15) is 9.90 Å². The Hall–Kier alpha value is -1.01. The van der Waals surface area contributed by atoms with E-state index in [1.807, 2.05) is 0 Å². The molecule has 1 heterocycles. The molecule has 0 saturated carbocycles. The largest absolute Gasteiger partial charge is 0.492 e. The van der Waals surface area contributed by atoms with Gasteiger partial charge in [0, 0.05) is 31.6 Å². The molecule has 134 valence electrons. The van der Waals surface area contributed by atoms with E-state index in [-0.39, 0.29) is 17.9 Å². The number of halogens is 2. The number of rotatable bonds is 9. The molecule has 0 spiro atoms. The molecule has 0 aliphatic carbocycles. The molecule has 0 aromatic heterocycles. The van der Waals surface area contributed by atoms with Gasteiger partial charge in [0.05, 0.1) is 18.2 Å². The zero-order chi connectivity index (χ0) is 17.4. The Morgan fingerprint density at radius 1 is 1.42 bits per heavy atom. The maximum absolute atomic E-state index is 12.0. The van der Waals surface area contributed by atoms with Crippen LogP contribution in [-0.2, 0) is 9.53 Å². The van der Waals surface area contributed by atoms with Gasteiger partial charge >= 0.3 is 0 Å². The average Bonchev–Trinajstić information content (AvgIpc) is 3.03. The zero-order valence-electron chi connectivity index (χ0n) is 13.5. The predicted molar refractivity (Wildman–Crippen MR) is 93.8 cm³/mol. The number of carbonyl (C=O) groups excluding carboxylic acids is 1. The van der Waals surface area contributed by atoms with Gasteiger partial charge < -0.3 is 19.9 Å². The van der Waals surface area contributed by atoms with Gasteiger partial charge in [0.15, 0.2) is 0 Å². The quantitative estimate of drug-likeness (QED) is 0.650. The lowest BCUT2D eigenvalue weighted by Gasteiger charge is -2.26. The Labute approximate surface area is 152 Å². The first-order valence-electron chi connectivity index (χ1n) is 8.08. The van der Waals surface area contributed by atoms with Crippen LogP contribution in [0.5, 0.6) is 5.75 Å². The van der Waals surface area contributed by atoms with Crippen LogP contribution in [0.15, 0.2) is 18.2 Å². The number of ether oxygens (including phenoxy) is 2. The molecular formula is C17H23Cl2NO4. The number of carbonyl (C=O) groups is 1. The number of amides is 1. The molecule has 0 radical (unpaired) electrons. The fraction of sp³-hybridized carbons (Fsp3) is 0.588. The molecule has 5 nitrogen and oxygen atoms in total. The number of nitrogens with one attached hydrogen (secondary N) is 1. The lowest BCUT2D eigenvalue weighted by atomic mass is 9.84. The summed E-state index contributed by atoms with van der Waals surface area (Å²) < 4.78 is 11.0. The Morgan fingerprint density at radius 2 is 2.25 bits per heavy atom. The average molecular weight is 376 g/mol. The van der Waals surface area contributed by atoms with Crippen molar-refractivity contribution in [2.75, 3.05) is 33.0 Å². The van der Waals surface area contributed by atoms with Crippen LogP contribution in [0.4, 0.5) is 0 Å². The van der Waals surface area contributed by atoms with Crippen LogP contribution in [0.2, 0.25) is 10.0 Å². The van der Waals surface area contributed by atoms with Gasteiger partial charge in [-0.25, -0.2) is 0 Å². The Morgan fingerprint density at radius 3 is 2.96 bits per heavy atom.